The number of piperidine rings is 1. The highest BCUT2D eigenvalue weighted by Gasteiger charge is 2.42. The number of urea groups is 1. The van der Waals surface area contributed by atoms with E-state index in [4.69, 9.17) is 9.47 Å². The average Bonchev–Trinajstić information content (AvgIpc) is 3.17. The first-order valence-corrected chi connectivity index (χ1v) is 9.09. The van der Waals surface area contributed by atoms with Crippen LogP contribution < -0.4 is 5.32 Å². The van der Waals surface area contributed by atoms with Gasteiger partial charge >= 0.3 is 6.03 Å². The average molecular weight is 339 g/mol. The minimum atomic E-state index is -0.551. The summed E-state index contributed by atoms with van der Waals surface area (Å²) in [6.45, 7) is 8.92. The molecule has 0 aromatic carbocycles. The molecule has 23 heavy (non-hydrogen) atoms. The SMILES string of the molecule is CC(C)c1cnc(NC(=O)N2CCCC(C3(C)OCCO3)C2)s1. The molecule has 1 aromatic rings. The van der Waals surface area contributed by atoms with Crippen LogP contribution in [0.1, 0.15) is 44.4 Å². The Balaban J connectivity index is 1.60. The highest BCUT2D eigenvalue weighted by atomic mass is 32.1. The van der Waals surface area contributed by atoms with Crippen molar-refractivity contribution in [1.82, 2.24) is 9.88 Å². The number of rotatable bonds is 3. The van der Waals surface area contributed by atoms with Crippen molar-refractivity contribution in [3.05, 3.63) is 11.1 Å². The quantitative estimate of drug-likeness (QED) is 0.918. The van der Waals surface area contributed by atoms with Crippen LogP contribution >= 0.6 is 11.3 Å². The van der Waals surface area contributed by atoms with Gasteiger partial charge in [-0.05, 0) is 25.7 Å². The molecule has 2 fully saturated rings. The number of aromatic nitrogens is 1. The largest absolute Gasteiger partial charge is 0.347 e. The van der Waals surface area contributed by atoms with Gasteiger partial charge in [0.25, 0.3) is 0 Å². The van der Waals surface area contributed by atoms with Gasteiger partial charge in [-0.25, -0.2) is 9.78 Å². The fourth-order valence-corrected chi connectivity index (χ4v) is 3.95. The first-order chi connectivity index (χ1) is 11.0. The monoisotopic (exact) mass is 339 g/mol. The van der Waals surface area contributed by atoms with Crippen LogP contribution in [0.5, 0.6) is 0 Å². The number of carbonyl (C=O) groups is 1. The number of thiazole rings is 1. The summed E-state index contributed by atoms with van der Waals surface area (Å²) in [7, 11) is 0. The molecule has 0 radical (unpaired) electrons. The molecule has 7 heteroatoms. The smallest absolute Gasteiger partial charge is 0.323 e. The van der Waals surface area contributed by atoms with Crippen LogP contribution in [0, 0.1) is 5.92 Å². The Morgan fingerprint density at radius 1 is 1.48 bits per heavy atom. The van der Waals surface area contributed by atoms with Gasteiger partial charge in [0.15, 0.2) is 10.9 Å². The number of nitrogens with one attached hydrogen (secondary N) is 1. The van der Waals surface area contributed by atoms with Crippen LogP contribution in [0.25, 0.3) is 0 Å². The van der Waals surface area contributed by atoms with Crippen molar-refractivity contribution in [1.29, 1.82) is 0 Å². The lowest BCUT2D eigenvalue weighted by Gasteiger charge is -2.39. The number of ether oxygens (including phenoxy) is 2. The summed E-state index contributed by atoms with van der Waals surface area (Å²) in [5.41, 5.74) is 0. The van der Waals surface area contributed by atoms with E-state index in [-0.39, 0.29) is 11.9 Å². The van der Waals surface area contributed by atoms with Crippen molar-refractivity contribution in [2.24, 2.45) is 5.92 Å². The highest BCUT2D eigenvalue weighted by Crippen LogP contribution is 2.34. The van der Waals surface area contributed by atoms with E-state index in [0.29, 0.717) is 30.8 Å². The van der Waals surface area contributed by atoms with Gasteiger partial charge in [-0.2, -0.15) is 0 Å². The Morgan fingerprint density at radius 2 is 2.22 bits per heavy atom. The second kappa shape index (κ2) is 6.75. The lowest BCUT2D eigenvalue weighted by Crippen LogP contribution is -2.49. The third kappa shape index (κ3) is 3.67. The summed E-state index contributed by atoms with van der Waals surface area (Å²) in [5.74, 6) is 0.0893. The molecule has 0 spiro atoms. The summed E-state index contributed by atoms with van der Waals surface area (Å²) in [6, 6.07) is -0.0825. The van der Waals surface area contributed by atoms with E-state index in [2.05, 4.69) is 24.1 Å². The Hall–Kier alpha value is -1.18. The molecular formula is C16H25N3O3S. The minimum absolute atomic E-state index is 0.0825. The van der Waals surface area contributed by atoms with Gasteiger partial charge in [0, 0.05) is 30.1 Å². The summed E-state index contributed by atoms with van der Waals surface area (Å²) in [6.07, 6.45) is 3.83. The zero-order chi connectivity index (χ0) is 16.4. The zero-order valence-corrected chi connectivity index (χ0v) is 14.8. The molecule has 6 nitrogen and oxygen atoms in total. The number of nitrogens with zero attached hydrogens (tertiary/aromatic N) is 2. The maximum absolute atomic E-state index is 12.5. The van der Waals surface area contributed by atoms with Gasteiger partial charge in [0.1, 0.15) is 0 Å². The third-order valence-electron chi connectivity index (χ3n) is 4.62. The fraction of sp³-hybridized carbons (Fsp3) is 0.750. The van der Waals surface area contributed by atoms with Crippen molar-refractivity contribution in [2.45, 2.75) is 45.3 Å². The van der Waals surface area contributed by atoms with Crippen LogP contribution in [0.2, 0.25) is 0 Å². The van der Waals surface area contributed by atoms with Crippen molar-refractivity contribution < 1.29 is 14.3 Å². The van der Waals surface area contributed by atoms with Crippen molar-refractivity contribution in [2.75, 3.05) is 31.6 Å². The van der Waals surface area contributed by atoms with Gasteiger partial charge in [-0.15, -0.1) is 11.3 Å². The van der Waals surface area contributed by atoms with Crippen LogP contribution in [-0.4, -0.2) is 48.0 Å². The molecule has 0 bridgehead atoms. The normalized spacial score (nSPS) is 24.2. The number of carbonyl (C=O) groups excluding carboxylic acids is 1. The number of hydrogen-bond acceptors (Lipinski definition) is 5. The van der Waals surface area contributed by atoms with Crippen LogP contribution in [0.3, 0.4) is 0 Å². The first kappa shape index (κ1) is 16.7. The molecule has 2 amide bonds. The van der Waals surface area contributed by atoms with Crippen LogP contribution in [0.15, 0.2) is 6.20 Å². The molecule has 1 unspecified atom stereocenters. The second-order valence-electron chi connectivity index (χ2n) is 6.65. The summed E-state index contributed by atoms with van der Waals surface area (Å²) >= 11 is 1.54. The number of hydrogen-bond donors (Lipinski definition) is 1. The van der Waals surface area contributed by atoms with E-state index in [9.17, 15) is 4.79 Å². The van der Waals surface area contributed by atoms with E-state index >= 15 is 0 Å². The Bertz CT molecular complexity index is 555. The molecule has 1 aromatic heterocycles. The first-order valence-electron chi connectivity index (χ1n) is 8.27. The molecule has 2 aliphatic rings. The molecule has 2 aliphatic heterocycles. The maximum Gasteiger partial charge on any atom is 0.323 e. The van der Waals surface area contributed by atoms with Gasteiger partial charge < -0.3 is 14.4 Å². The van der Waals surface area contributed by atoms with E-state index < -0.39 is 5.79 Å². The summed E-state index contributed by atoms with van der Waals surface area (Å²) in [4.78, 5) is 19.8. The highest BCUT2D eigenvalue weighted by molar-refractivity contribution is 7.15. The number of anilines is 1. The van der Waals surface area contributed by atoms with Crippen molar-refractivity contribution in [3.63, 3.8) is 0 Å². The zero-order valence-electron chi connectivity index (χ0n) is 14.0. The van der Waals surface area contributed by atoms with Gasteiger partial charge in [0.2, 0.25) is 0 Å². The Labute approximate surface area is 141 Å². The van der Waals surface area contributed by atoms with E-state index in [1.54, 1.807) is 0 Å². The van der Waals surface area contributed by atoms with Crippen molar-refractivity contribution >= 4 is 22.5 Å². The molecule has 128 valence electrons. The Morgan fingerprint density at radius 3 is 2.87 bits per heavy atom. The van der Waals surface area contributed by atoms with Gasteiger partial charge in [0.05, 0.1) is 13.2 Å². The van der Waals surface area contributed by atoms with Gasteiger partial charge in [-0.1, -0.05) is 13.8 Å². The third-order valence-corrected chi connectivity index (χ3v) is 5.83. The van der Waals surface area contributed by atoms with Crippen LogP contribution in [0.4, 0.5) is 9.93 Å². The molecule has 0 aliphatic carbocycles. The van der Waals surface area contributed by atoms with E-state index in [0.717, 1.165) is 19.4 Å². The molecule has 3 heterocycles. The number of amides is 2. The van der Waals surface area contributed by atoms with E-state index in [1.165, 1.54) is 16.2 Å². The lowest BCUT2D eigenvalue weighted by molar-refractivity contribution is -0.189. The second-order valence-corrected chi connectivity index (χ2v) is 7.71. The summed E-state index contributed by atoms with van der Waals surface area (Å²) < 4.78 is 11.5. The molecule has 1 N–H and O–H groups in total. The summed E-state index contributed by atoms with van der Waals surface area (Å²) in [5, 5.41) is 3.59. The topological polar surface area (TPSA) is 63.7 Å². The molecule has 1 atom stereocenters. The standard InChI is InChI=1S/C16H25N3O3S/c1-11(2)13-9-17-14(23-13)18-15(20)19-6-4-5-12(10-19)16(3)21-7-8-22-16/h9,11-12H,4-8,10H2,1-3H3,(H,17,18,20). The minimum Gasteiger partial charge on any atom is -0.347 e. The van der Waals surface area contributed by atoms with Crippen LogP contribution in [-0.2, 0) is 9.47 Å². The predicted octanol–water partition coefficient (Wildman–Crippen LogP) is 3.27. The molecule has 0 saturated carbocycles. The predicted molar refractivity (Wildman–Crippen MR) is 89.8 cm³/mol. The van der Waals surface area contributed by atoms with E-state index in [1.807, 2.05) is 18.0 Å². The molecule has 3 rings (SSSR count). The Kier molecular flexibility index (Phi) is 4.89. The molecule has 2 saturated heterocycles. The fourth-order valence-electron chi connectivity index (χ4n) is 3.14. The molecular weight excluding hydrogens is 314 g/mol. The lowest BCUT2D eigenvalue weighted by atomic mass is 9.90. The van der Waals surface area contributed by atoms with Crippen molar-refractivity contribution in [3.8, 4) is 0 Å². The van der Waals surface area contributed by atoms with Gasteiger partial charge in [-0.3, -0.25) is 5.32 Å². The number of likely N-dealkylation sites (tertiary alicyclic amines) is 1. The maximum atomic E-state index is 12.5.